The Morgan fingerprint density at radius 1 is 1.14 bits per heavy atom. The summed E-state index contributed by atoms with van der Waals surface area (Å²) in [5, 5.41) is 4.73. The normalized spacial score (nSPS) is 14.3. The van der Waals surface area contributed by atoms with Crippen LogP contribution in [0.25, 0.3) is 0 Å². The first-order chi connectivity index (χ1) is 14.0. The molecule has 2 heterocycles. The van der Waals surface area contributed by atoms with Crippen LogP contribution in [0.5, 0.6) is 11.5 Å². The average molecular weight is 416 g/mol. The van der Waals surface area contributed by atoms with Crippen molar-refractivity contribution in [3.05, 3.63) is 46.2 Å². The Morgan fingerprint density at radius 3 is 2.52 bits per heavy atom. The van der Waals surface area contributed by atoms with E-state index < -0.39 is 11.7 Å². The maximum absolute atomic E-state index is 12.5. The van der Waals surface area contributed by atoms with Gasteiger partial charge in [-0.1, -0.05) is 6.07 Å². The number of benzene rings is 1. The van der Waals surface area contributed by atoms with Gasteiger partial charge in [0.15, 0.2) is 0 Å². The largest absolute Gasteiger partial charge is 0.497 e. The van der Waals surface area contributed by atoms with Crippen molar-refractivity contribution in [2.45, 2.75) is 12.8 Å². The topological polar surface area (TPSA) is 84.9 Å². The van der Waals surface area contributed by atoms with Crippen molar-refractivity contribution in [1.29, 1.82) is 0 Å². The van der Waals surface area contributed by atoms with Crippen LogP contribution in [0.2, 0.25) is 0 Å². The van der Waals surface area contributed by atoms with Gasteiger partial charge in [-0.2, -0.15) is 0 Å². The second kappa shape index (κ2) is 9.56. The monoisotopic (exact) mass is 416 g/mol. The molecular formula is C21H24N2O5S. The Morgan fingerprint density at radius 2 is 1.90 bits per heavy atom. The van der Waals surface area contributed by atoms with E-state index in [0.717, 1.165) is 12.8 Å². The fourth-order valence-electron chi connectivity index (χ4n) is 3.32. The number of thiophene rings is 1. The molecule has 0 unspecified atom stereocenters. The number of carbonyl (C=O) groups excluding carboxylic acids is 3. The fourth-order valence-corrected chi connectivity index (χ4v) is 3.97. The van der Waals surface area contributed by atoms with Crippen LogP contribution in [0, 0.1) is 5.92 Å². The van der Waals surface area contributed by atoms with E-state index in [1.54, 1.807) is 47.7 Å². The highest BCUT2D eigenvalue weighted by molar-refractivity contribution is 7.13. The van der Waals surface area contributed by atoms with Crippen LogP contribution in [0.15, 0.2) is 35.7 Å². The Balaban J connectivity index is 1.49. The first-order valence-corrected chi connectivity index (χ1v) is 10.3. The number of hydrogen-bond donors (Lipinski definition) is 1. The molecule has 7 nitrogen and oxygen atoms in total. The molecule has 0 atom stereocenters. The quantitative estimate of drug-likeness (QED) is 0.554. The highest BCUT2D eigenvalue weighted by Gasteiger charge is 2.28. The zero-order valence-corrected chi connectivity index (χ0v) is 17.3. The standard InChI is InChI=1S/C21H24N2O5S/c1-27-15-5-6-16(17(12-15)28-2)20(25)22-13-14-7-9-23(10-8-14)21(26)19(24)18-4-3-11-29-18/h3-6,11-12,14H,7-10,13H2,1-2H3,(H,22,25). The highest BCUT2D eigenvalue weighted by Crippen LogP contribution is 2.25. The number of piperidine rings is 1. The molecule has 1 aliphatic heterocycles. The number of hydrogen-bond acceptors (Lipinski definition) is 6. The van der Waals surface area contributed by atoms with Crippen LogP contribution >= 0.6 is 11.3 Å². The second-order valence-electron chi connectivity index (χ2n) is 6.82. The van der Waals surface area contributed by atoms with Crippen molar-refractivity contribution in [3.8, 4) is 11.5 Å². The van der Waals surface area contributed by atoms with Gasteiger partial charge in [-0.25, -0.2) is 0 Å². The van der Waals surface area contributed by atoms with Gasteiger partial charge in [0.1, 0.15) is 11.5 Å². The van der Waals surface area contributed by atoms with Crippen molar-refractivity contribution in [1.82, 2.24) is 10.2 Å². The van der Waals surface area contributed by atoms with Crippen molar-refractivity contribution < 1.29 is 23.9 Å². The first-order valence-electron chi connectivity index (χ1n) is 9.40. The smallest absolute Gasteiger partial charge is 0.295 e. The zero-order chi connectivity index (χ0) is 20.8. The summed E-state index contributed by atoms with van der Waals surface area (Å²) in [4.78, 5) is 39.2. The molecule has 1 N–H and O–H groups in total. The third-order valence-corrected chi connectivity index (χ3v) is 5.91. The molecule has 1 aromatic carbocycles. The second-order valence-corrected chi connectivity index (χ2v) is 7.77. The van der Waals surface area contributed by atoms with Gasteiger partial charge >= 0.3 is 0 Å². The summed E-state index contributed by atoms with van der Waals surface area (Å²) in [6.45, 7) is 1.54. The molecule has 0 bridgehead atoms. The molecule has 1 fully saturated rings. The Hall–Kier alpha value is -2.87. The van der Waals surface area contributed by atoms with E-state index in [1.165, 1.54) is 18.4 Å². The van der Waals surface area contributed by atoms with Gasteiger partial charge in [0.2, 0.25) is 0 Å². The fraction of sp³-hybridized carbons (Fsp3) is 0.381. The summed E-state index contributed by atoms with van der Waals surface area (Å²) in [7, 11) is 3.06. The summed E-state index contributed by atoms with van der Waals surface area (Å²) in [6.07, 6.45) is 1.48. The van der Waals surface area contributed by atoms with E-state index in [9.17, 15) is 14.4 Å². The van der Waals surface area contributed by atoms with Crippen LogP contribution in [-0.4, -0.2) is 56.4 Å². The van der Waals surface area contributed by atoms with Crippen molar-refractivity contribution in [3.63, 3.8) is 0 Å². The number of rotatable bonds is 7. The van der Waals surface area contributed by atoms with Gasteiger partial charge in [-0.05, 0) is 42.3 Å². The van der Waals surface area contributed by atoms with Gasteiger partial charge in [-0.15, -0.1) is 11.3 Å². The minimum atomic E-state index is -0.446. The van der Waals surface area contributed by atoms with Crippen LogP contribution in [0.1, 0.15) is 32.9 Å². The van der Waals surface area contributed by atoms with Gasteiger partial charge in [-0.3, -0.25) is 14.4 Å². The number of ether oxygens (including phenoxy) is 2. The number of ketones is 1. The lowest BCUT2D eigenvalue weighted by Crippen LogP contribution is -2.44. The maximum Gasteiger partial charge on any atom is 0.295 e. The number of amides is 2. The van der Waals surface area contributed by atoms with E-state index in [-0.39, 0.29) is 11.8 Å². The third-order valence-electron chi connectivity index (χ3n) is 5.05. The van der Waals surface area contributed by atoms with Gasteiger partial charge in [0.25, 0.3) is 17.6 Å². The Labute approximate surface area is 173 Å². The van der Waals surface area contributed by atoms with Crippen LogP contribution in [0.3, 0.4) is 0 Å². The van der Waals surface area contributed by atoms with Crippen LogP contribution in [0.4, 0.5) is 0 Å². The number of methoxy groups -OCH3 is 2. The number of likely N-dealkylation sites (tertiary alicyclic amines) is 1. The predicted molar refractivity (Wildman–Crippen MR) is 110 cm³/mol. The molecule has 154 valence electrons. The maximum atomic E-state index is 12.5. The van der Waals surface area contributed by atoms with Gasteiger partial charge < -0.3 is 19.7 Å². The molecule has 1 saturated heterocycles. The number of Topliss-reactive ketones (excluding diaryl/α,β-unsaturated/α-hetero) is 1. The number of carbonyl (C=O) groups is 3. The number of nitrogens with zero attached hydrogens (tertiary/aromatic N) is 1. The molecule has 2 amide bonds. The Bertz CT molecular complexity index is 873. The lowest BCUT2D eigenvalue weighted by Gasteiger charge is -2.31. The molecular weight excluding hydrogens is 392 g/mol. The van der Waals surface area contributed by atoms with Crippen LogP contribution in [-0.2, 0) is 4.79 Å². The molecule has 0 radical (unpaired) electrons. The van der Waals surface area contributed by atoms with Crippen LogP contribution < -0.4 is 14.8 Å². The van der Waals surface area contributed by atoms with E-state index in [0.29, 0.717) is 41.6 Å². The molecule has 29 heavy (non-hydrogen) atoms. The molecule has 3 rings (SSSR count). The zero-order valence-electron chi connectivity index (χ0n) is 16.5. The lowest BCUT2D eigenvalue weighted by molar-refractivity contribution is -0.127. The molecule has 0 saturated carbocycles. The molecule has 1 aliphatic rings. The summed E-state index contributed by atoms with van der Waals surface area (Å²) < 4.78 is 10.4. The van der Waals surface area contributed by atoms with E-state index in [2.05, 4.69) is 5.32 Å². The summed E-state index contributed by atoms with van der Waals surface area (Å²) >= 11 is 1.28. The molecule has 1 aromatic heterocycles. The van der Waals surface area contributed by atoms with Gasteiger partial charge in [0, 0.05) is 25.7 Å². The van der Waals surface area contributed by atoms with E-state index in [4.69, 9.17) is 9.47 Å². The minimum Gasteiger partial charge on any atom is -0.497 e. The first kappa shape index (κ1) is 20.9. The minimum absolute atomic E-state index is 0.212. The van der Waals surface area contributed by atoms with Crippen molar-refractivity contribution in [2.75, 3.05) is 33.9 Å². The Kier molecular flexibility index (Phi) is 6.87. The predicted octanol–water partition coefficient (Wildman–Crippen LogP) is 2.62. The highest BCUT2D eigenvalue weighted by atomic mass is 32.1. The van der Waals surface area contributed by atoms with E-state index in [1.807, 2.05) is 0 Å². The number of nitrogens with one attached hydrogen (secondary N) is 1. The third kappa shape index (κ3) is 4.95. The van der Waals surface area contributed by atoms with Crippen molar-refractivity contribution >= 4 is 28.9 Å². The molecule has 0 spiro atoms. The molecule has 2 aromatic rings. The SMILES string of the molecule is COc1ccc(C(=O)NCC2CCN(C(=O)C(=O)c3cccs3)CC2)c(OC)c1. The van der Waals surface area contributed by atoms with E-state index >= 15 is 0 Å². The summed E-state index contributed by atoms with van der Waals surface area (Å²) in [6, 6.07) is 8.48. The average Bonchev–Trinajstić information content (AvgIpc) is 3.31. The van der Waals surface area contributed by atoms with Gasteiger partial charge in [0.05, 0.1) is 24.7 Å². The molecule has 8 heteroatoms. The summed E-state index contributed by atoms with van der Waals surface area (Å²) in [5.41, 5.74) is 0.447. The summed E-state index contributed by atoms with van der Waals surface area (Å²) in [5.74, 6) is 0.220. The van der Waals surface area contributed by atoms with Crippen molar-refractivity contribution in [2.24, 2.45) is 5.92 Å². The molecule has 0 aliphatic carbocycles. The lowest BCUT2D eigenvalue weighted by atomic mass is 9.96.